The highest BCUT2D eigenvalue weighted by Crippen LogP contribution is 2.13. The summed E-state index contributed by atoms with van der Waals surface area (Å²) < 4.78 is 5.37. The monoisotopic (exact) mass is 293 g/mol. The molecule has 0 spiro atoms. The molecule has 116 valence electrons. The summed E-state index contributed by atoms with van der Waals surface area (Å²) in [7, 11) is 0. The number of rotatable bonds is 9. The average Bonchev–Trinajstić information content (AvgIpc) is 2.47. The van der Waals surface area contributed by atoms with Crippen molar-refractivity contribution >= 4 is 11.9 Å². The van der Waals surface area contributed by atoms with Crippen LogP contribution in [0.5, 0.6) is 5.75 Å². The fraction of sp³-hybridized carbons (Fsp3) is 0.500. The van der Waals surface area contributed by atoms with Crippen molar-refractivity contribution in [2.24, 2.45) is 0 Å². The van der Waals surface area contributed by atoms with Gasteiger partial charge in [-0.2, -0.15) is 0 Å². The summed E-state index contributed by atoms with van der Waals surface area (Å²) in [5, 5.41) is 8.67. The molecule has 0 aliphatic rings. The summed E-state index contributed by atoms with van der Waals surface area (Å²) in [5.74, 6) is -0.0652. The van der Waals surface area contributed by atoms with E-state index in [4.69, 9.17) is 9.84 Å². The third kappa shape index (κ3) is 6.29. The predicted molar refractivity (Wildman–Crippen MR) is 80.4 cm³/mol. The Morgan fingerprint density at radius 2 is 1.81 bits per heavy atom. The highest BCUT2D eigenvalue weighted by Gasteiger charge is 2.12. The van der Waals surface area contributed by atoms with Crippen molar-refractivity contribution in [1.29, 1.82) is 0 Å². The second-order valence-electron chi connectivity index (χ2n) is 4.69. The van der Waals surface area contributed by atoms with Gasteiger partial charge in [-0.05, 0) is 38.0 Å². The number of hydrogen-bond acceptors (Lipinski definition) is 3. The molecule has 5 nitrogen and oxygen atoms in total. The fourth-order valence-electron chi connectivity index (χ4n) is 2.02. The van der Waals surface area contributed by atoms with Gasteiger partial charge in [-0.1, -0.05) is 12.1 Å². The summed E-state index contributed by atoms with van der Waals surface area (Å²) in [5.41, 5.74) is 1.07. The van der Waals surface area contributed by atoms with Crippen LogP contribution in [-0.2, 0) is 16.0 Å². The molecule has 0 heterocycles. The van der Waals surface area contributed by atoms with Gasteiger partial charge in [0.15, 0.2) is 0 Å². The number of hydrogen-bond donors (Lipinski definition) is 1. The van der Waals surface area contributed by atoms with E-state index in [0.717, 1.165) is 11.3 Å². The van der Waals surface area contributed by atoms with Gasteiger partial charge in [0.1, 0.15) is 5.75 Å². The minimum atomic E-state index is -0.882. The molecule has 1 aromatic carbocycles. The first kappa shape index (κ1) is 17.0. The molecule has 0 saturated carbocycles. The Morgan fingerprint density at radius 3 is 2.33 bits per heavy atom. The number of amides is 1. The first-order valence-electron chi connectivity index (χ1n) is 7.28. The first-order chi connectivity index (χ1) is 10.1. The van der Waals surface area contributed by atoms with Crippen LogP contribution in [0.3, 0.4) is 0 Å². The summed E-state index contributed by atoms with van der Waals surface area (Å²) >= 11 is 0. The number of ether oxygens (including phenoxy) is 1. The Kier molecular flexibility index (Phi) is 7.29. The van der Waals surface area contributed by atoms with Crippen molar-refractivity contribution in [2.75, 3.05) is 19.7 Å². The Bertz CT molecular complexity index is 456. The Labute approximate surface area is 125 Å². The molecule has 1 amide bonds. The molecule has 1 aromatic rings. The number of benzene rings is 1. The molecule has 0 saturated heterocycles. The van der Waals surface area contributed by atoms with E-state index in [1.165, 1.54) is 0 Å². The van der Waals surface area contributed by atoms with Crippen LogP contribution < -0.4 is 4.74 Å². The lowest BCUT2D eigenvalue weighted by molar-refractivity contribution is -0.138. The summed E-state index contributed by atoms with van der Waals surface area (Å²) in [6.45, 7) is 5.23. The molecule has 0 aliphatic heterocycles. The molecule has 1 rings (SSSR count). The van der Waals surface area contributed by atoms with Gasteiger partial charge in [-0.25, -0.2) is 0 Å². The Balaban J connectivity index is 2.44. The van der Waals surface area contributed by atoms with Crippen molar-refractivity contribution in [3.8, 4) is 5.75 Å². The van der Waals surface area contributed by atoms with Crippen LogP contribution >= 0.6 is 0 Å². The summed E-state index contributed by atoms with van der Waals surface area (Å²) in [6.07, 6.45) is 1.03. The van der Waals surface area contributed by atoms with Gasteiger partial charge in [0.25, 0.3) is 0 Å². The molecule has 0 atom stereocenters. The van der Waals surface area contributed by atoms with Crippen molar-refractivity contribution in [1.82, 2.24) is 4.90 Å². The van der Waals surface area contributed by atoms with E-state index in [1.807, 2.05) is 38.1 Å². The van der Waals surface area contributed by atoms with E-state index in [9.17, 15) is 9.59 Å². The van der Waals surface area contributed by atoms with Crippen LogP contribution in [0.1, 0.15) is 32.3 Å². The zero-order valence-electron chi connectivity index (χ0n) is 12.7. The van der Waals surface area contributed by atoms with E-state index in [-0.39, 0.29) is 18.9 Å². The van der Waals surface area contributed by atoms with Crippen molar-refractivity contribution in [3.63, 3.8) is 0 Å². The first-order valence-corrected chi connectivity index (χ1v) is 7.28. The maximum Gasteiger partial charge on any atom is 0.305 e. The lowest BCUT2D eigenvalue weighted by Crippen LogP contribution is -2.32. The molecular formula is C16H23NO4. The van der Waals surface area contributed by atoms with Crippen molar-refractivity contribution in [2.45, 2.75) is 33.1 Å². The maximum atomic E-state index is 12.0. The van der Waals surface area contributed by atoms with E-state index >= 15 is 0 Å². The van der Waals surface area contributed by atoms with Crippen LogP contribution in [-0.4, -0.2) is 41.6 Å². The second kappa shape index (κ2) is 9.00. The standard InChI is InChI=1S/C16H23NO4/c1-3-17(12-11-16(19)20)15(18)10-7-13-5-8-14(9-6-13)21-4-2/h5-6,8-9H,3-4,7,10-12H2,1-2H3,(H,19,20). The number of carbonyl (C=O) groups is 2. The van der Waals surface area contributed by atoms with Gasteiger partial charge in [0.05, 0.1) is 13.0 Å². The molecule has 0 aromatic heterocycles. The summed E-state index contributed by atoms with van der Waals surface area (Å²) in [4.78, 5) is 24.2. The predicted octanol–water partition coefficient (Wildman–Crippen LogP) is 2.34. The number of carboxylic acids is 1. The number of aliphatic carboxylic acids is 1. The molecule has 0 radical (unpaired) electrons. The number of carbonyl (C=O) groups excluding carboxylic acids is 1. The molecule has 21 heavy (non-hydrogen) atoms. The zero-order valence-corrected chi connectivity index (χ0v) is 12.7. The van der Waals surface area contributed by atoms with Crippen LogP contribution in [0.2, 0.25) is 0 Å². The van der Waals surface area contributed by atoms with Gasteiger partial charge in [-0.15, -0.1) is 0 Å². The van der Waals surface area contributed by atoms with Crippen LogP contribution in [0.15, 0.2) is 24.3 Å². The molecular weight excluding hydrogens is 270 g/mol. The Morgan fingerprint density at radius 1 is 1.14 bits per heavy atom. The minimum absolute atomic E-state index is 0.00682. The van der Waals surface area contributed by atoms with Gasteiger partial charge >= 0.3 is 5.97 Å². The topological polar surface area (TPSA) is 66.8 Å². The largest absolute Gasteiger partial charge is 0.494 e. The lowest BCUT2D eigenvalue weighted by atomic mass is 10.1. The quantitative estimate of drug-likeness (QED) is 0.759. The fourth-order valence-corrected chi connectivity index (χ4v) is 2.02. The van der Waals surface area contributed by atoms with Gasteiger partial charge < -0.3 is 14.7 Å². The molecule has 1 N–H and O–H groups in total. The third-order valence-electron chi connectivity index (χ3n) is 3.19. The molecule has 0 unspecified atom stereocenters. The minimum Gasteiger partial charge on any atom is -0.494 e. The van der Waals surface area contributed by atoms with Crippen LogP contribution in [0.4, 0.5) is 0 Å². The normalized spacial score (nSPS) is 10.2. The van der Waals surface area contributed by atoms with Crippen LogP contribution in [0.25, 0.3) is 0 Å². The van der Waals surface area contributed by atoms with Crippen LogP contribution in [0, 0.1) is 0 Å². The zero-order chi connectivity index (χ0) is 15.7. The summed E-state index contributed by atoms with van der Waals surface area (Å²) in [6, 6.07) is 7.69. The van der Waals surface area contributed by atoms with E-state index in [2.05, 4.69) is 0 Å². The highest BCUT2D eigenvalue weighted by atomic mass is 16.5. The molecule has 5 heteroatoms. The number of nitrogens with zero attached hydrogens (tertiary/aromatic N) is 1. The van der Waals surface area contributed by atoms with Crippen molar-refractivity contribution in [3.05, 3.63) is 29.8 Å². The van der Waals surface area contributed by atoms with E-state index < -0.39 is 5.97 Å². The van der Waals surface area contributed by atoms with Gasteiger partial charge in [-0.3, -0.25) is 9.59 Å². The number of carboxylic acid groups (broad SMARTS) is 1. The average molecular weight is 293 g/mol. The lowest BCUT2D eigenvalue weighted by Gasteiger charge is -2.20. The molecule has 0 bridgehead atoms. The number of aryl methyl sites for hydroxylation is 1. The van der Waals surface area contributed by atoms with Gasteiger partial charge in [0, 0.05) is 19.5 Å². The second-order valence-corrected chi connectivity index (χ2v) is 4.69. The van der Waals surface area contributed by atoms with Crippen molar-refractivity contribution < 1.29 is 19.4 Å². The van der Waals surface area contributed by atoms with E-state index in [1.54, 1.807) is 4.90 Å². The highest BCUT2D eigenvalue weighted by molar-refractivity contribution is 5.77. The Hall–Kier alpha value is -2.04. The van der Waals surface area contributed by atoms with Gasteiger partial charge in [0.2, 0.25) is 5.91 Å². The molecule has 0 aliphatic carbocycles. The third-order valence-corrected chi connectivity index (χ3v) is 3.19. The van der Waals surface area contributed by atoms with E-state index in [0.29, 0.717) is 26.0 Å². The molecule has 0 fully saturated rings. The maximum absolute atomic E-state index is 12.0. The smallest absolute Gasteiger partial charge is 0.305 e. The SMILES string of the molecule is CCOc1ccc(CCC(=O)N(CC)CCC(=O)O)cc1.